The number of carboxylic acids is 1. The summed E-state index contributed by atoms with van der Waals surface area (Å²) < 4.78 is 4.00. The number of amides is 2. The van der Waals surface area contributed by atoms with Crippen LogP contribution in [0.1, 0.15) is 16.8 Å². The van der Waals surface area contributed by atoms with Gasteiger partial charge in [-0.25, -0.2) is 4.98 Å². The van der Waals surface area contributed by atoms with E-state index in [1.54, 1.807) is 5.38 Å². The molecule has 6 N–H and O–H groups in total. The van der Waals surface area contributed by atoms with Gasteiger partial charge in [0, 0.05) is 47.1 Å². The number of nitrogens with zero attached hydrogens (tertiary/aromatic N) is 5. The van der Waals surface area contributed by atoms with Gasteiger partial charge < -0.3 is 36.1 Å². The second-order valence-corrected chi connectivity index (χ2v) is 12.2. The van der Waals surface area contributed by atoms with Crippen LogP contribution in [-0.2, 0) is 32.3 Å². The van der Waals surface area contributed by atoms with Crippen molar-refractivity contribution in [3.63, 3.8) is 0 Å². The van der Waals surface area contributed by atoms with Crippen molar-refractivity contribution in [2.45, 2.75) is 24.5 Å². The van der Waals surface area contributed by atoms with Gasteiger partial charge in [0.05, 0.1) is 11.7 Å². The Balaban J connectivity index is 1.21. The molecule has 45 heavy (non-hydrogen) atoms. The van der Waals surface area contributed by atoms with Crippen molar-refractivity contribution < 1.29 is 28.9 Å². The molecule has 2 aliphatic rings. The summed E-state index contributed by atoms with van der Waals surface area (Å²) in [5, 5.41) is 27.5. The third-order valence-corrected chi connectivity index (χ3v) is 9.50. The maximum Gasteiger partial charge on any atom is 0.276 e. The monoisotopic (exact) mass is 645 g/mol. The van der Waals surface area contributed by atoms with E-state index < -0.39 is 29.2 Å². The Kier molecular flexibility index (Phi) is 7.99. The quantitative estimate of drug-likeness (QED) is 0.0589. The first kappa shape index (κ1) is 29.8. The first-order chi connectivity index (χ1) is 21.7. The Labute approximate surface area is 264 Å². The number of hydrogen-bond acceptors (Lipinski definition) is 11. The number of amidine groups is 1. The number of carbonyl (C=O) groups is 3. The van der Waals surface area contributed by atoms with Gasteiger partial charge in [0.25, 0.3) is 11.8 Å². The van der Waals surface area contributed by atoms with Gasteiger partial charge in [-0.1, -0.05) is 29.4 Å². The summed E-state index contributed by atoms with van der Waals surface area (Å²) in [6.45, 7) is 0.798. The highest BCUT2D eigenvalue weighted by molar-refractivity contribution is 8.00. The molecule has 4 aromatic rings. The number of oxime groups is 1. The van der Waals surface area contributed by atoms with Crippen molar-refractivity contribution in [2.24, 2.45) is 10.9 Å². The van der Waals surface area contributed by atoms with Crippen LogP contribution in [0.4, 0.5) is 5.13 Å². The minimum atomic E-state index is -1.47. The Bertz CT molecular complexity index is 1910. The Hall–Kier alpha value is -5.22. The van der Waals surface area contributed by atoms with Crippen molar-refractivity contribution >= 4 is 68.6 Å². The summed E-state index contributed by atoms with van der Waals surface area (Å²) in [7, 11) is 1.28. The molecule has 0 unspecified atom stereocenters. The first-order valence-corrected chi connectivity index (χ1v) is 15.5. The molecule has 14 nitrogen and oxygen atoms in total. The highest BCUT2D eigenvalue weighted by Crippen LogP contribution is 2.40. The van der Waals surface area contributed by atoms with Crippen LogP contribution in [0.15, 0.2) is 76.7 Å². The second kappa shape index (κ2) is 12.0. The number of nitrogens with two attached hydrogens (primary N) is 2. The van der Waals surface area contributed by atoms with E-state index in [9.17, 15) is 19.5 Å². The Morgan fingerprint density at radius 1 is 1.27 bits per heavy atom. The molecule has 1 aromatic carbocycles. The van der Waals surface area contributed by atoms with Crippen LogP contribution in [0.25, 0.3) is 11.0 Å². The van der Waals surface area contributed by atoms with Gasteiger partial charge in [0.15, 0.2) is 23.6 Å². The van der Waals surface area contributed by atoms with Crippen LogP contribution in [0.3, 0.4) is 0 Å². The molecule has 3 aromatic heterocycles. The minimum absolute atomic E-state index is 0.00921. The standard InChI is InChI=1S/C29H27N9O5S2/c1-43-35-21(18-14-45-29(32)33-18)25(39)34-22-26(40)38-23(28(41)42)17(13-44-27(22)38)12-36-9-2-3-19-20(36)8-10-37(19)11-15-4-6-16(7-5-15)24(30)31/h2-10,14,22,27H,11-13H2,1H3,(H6-,30,31,32,33,34,39,41,42)/b35-21-/t22-,27-/m1/s1. The van der Waals surface area contributed by atoms with Crippen LogP contribution < -0.4 is 26.5 Å². The number of nitrogens with one attached hydrogen (secondary N) is 2. The number of carbonyl (C=O) groups excluding carboxylic acids is 3. The number of nitrogen functional groups attached to an aromatic ring is 2. The topological polar surface area (TPSA) is 209 Å². The molecule has 6 rings (SSSR count). The summed E-state index contributed by atoms with van der Waals surface area (Å²) >= 11 is 2.47. The van der Waals surface area contributed by atoms with Gasteiger partial charge in [-0.3, -0.25) is 19.9 Å². The SMILES string of the molecule is CO/N=C(\C(=O)N[C@@H]1C(=O)N2C(C(=O)[O-])=C(C[n+]3cccc4c3ccn4Cc3ccc(C(=N)N)cc3)CS[C@H]12)c1csc(N)n1. The molecule has 0 radical (unpaired) electrons. The second-order valence-electron chi connectivity index (χ2n) is 10.3. The van der Waals surface area contributed by atoms with Crippen LogP contribution in [0.5, 0.6) is 0 Å². The largest absolute Gasteiger partial charge is 0.543 e. The lowest BCUT2D eigenvalue weighted by molar-refractivity contribution is -0.663. The van der Waals surface area contributed by atoms with Crippen molar-refractivity contribution in [2.75, 3.05) is 18.6 Å². The molecule has 0 bridgehead atoms. The number of thiazole rings is 1. The number of carboxylic acid groups (broad SMARTS) is 1. The van der Waals surface area contributed by atoms with Gasteiger partial charge in [-0.15, -0.1) is 23.1 Å². The van der Waals surface area contributed by atoms with E-state index in [-0.39, 0.29) is 34.6 Å². The highest BCUT2D eigenvalue weighted by Gasteiger charge is 2.53. The number of pyridine rings is 1. The average molecular weight is 646 g/mol. The zero-order valence-corrected chi connectivity index (χ0v) is 25.4. The lowest BCUT2D eigenvalue weighted by atomic mass is 10.0. The number of benzene rings is 1. The number of aromatic nitrogens is 3. The van der Waals surface area contributed by atoms with Crippen LogP contribution >= 0.6 is 23.1 Å². The zero-order chi connectivity index (χ0) is 31.8. The summed E-state index contributed by atoms with van der Waals surface area (Å²) in [6, 6.07) is 12.3. The molecule has 16 heteroatoms. The molecule has 0 saturated carbocycles. The number of anilines is 1. The smallest absolute Gasteiger partial charge is 0.276 e. The van der Waals surface area contributed by atoms with E-state index in [1.165, 1.54) is 23.8 Å². The lowest BCUT2D eigenvalue weighted by Gasteiger charge is -2.50. The molecular formula is C29H27N9O5S2. The molecule has 2 amide bonds. The number of rotatable bonds is 10. The fourth-order valence-electron chi connectivity index (χ4n) is 5.38. The number of fused-ring (bicyclic) bond motifs is 2. The molecule has 2 atom stereocenters. The van der Waals surface area contributed by atoms with Gasteiger partial charge in [-0.05, 0) is 11.6 Å². The molecule has 230 valence electrons. The molecule has 5 heterocycles. The first-order valence-electron chi connectivity index (χ1n) is 13.6. The van der Waals surface area contributed by atoms with Gasteiger partial charge in [0.1, 0.15) is 35.6 Å². The molecule has 1 saturated heterocycles. The van der Waals surface area contributed by atoms with Gasteiger partial charge in [0.2, 0.25) is 5.52 Å². The Morgan fingerprint density at radius 2 is 2.04 bits per heavy atom. The molecular weight excluding hydrogens is 619 g/mol. The zero-order valence-electron chi connectivity index (χ0n) is 23.8. The number of thioether (sulfide) groups is 1. The predicted molar refractivity (Wildman–Crippen MR) is 166 cm³/mol. The van der Waals surface area contributed by atoms with E-state index in [2.05, 4.69) is 20.0 Å². The van der Waals surface area contributed by atoms with Gasteiger partial charge in [-0.2, -0.15) is 4.57 Å². The van der Waals surface area contributed by atoms with E-state index in [4.69, 9.17) is 21.7 Å². The van der Waals surface area contributed by atoms with Crippen molar-refractivity contribution in [1.82, 2.24) is 19.8 Å². The van der Waals surface area contributed by atoms with E-state index in [0.717, 1.165) is 27.9 Å². The lowest BCUT2D eigenvalue weighted by Crippen LogP contribution is -2.71. The summed E-state index contributed by atoms with van der Waals surface area (Å²) in [6.07, 6.45) is 3.81. The Morgan fingerprint density at radius 3 is 2.71 bits per heavy atom. The maximum atomic E-state index is 13.3. The fourth-order valence-corrected chi connectivity index (χ4v) is 7.26. The fraction of sp³-hybridized carbons (Fsp3) is 0.207. The van der Waals surface area contributed by atoms with Crippen molar-refractivity contribution in [1.29, 1.82) is 5.41 Å². The average Bonchev–Trinajstić information content (AvgIpc) is 3.64. The highest BCUT2D eigenvalue weighted by atomic mass is 32.2. The molecule has 2 aliphatic heterocycles. The number of hydrogen-bond donors (Lipinski definition) is 4. The normalized spacial score (nSPS) is 18.0. The number of β-lactam (4-membered cyclic amide) rings is 1. The molecule has 0 spiro atoms. The summed E-state index contributed by atoms with van der Waals surface area (Å²) in [5.74, 6) is -2.43. The van der Waals surface area contributed by atoms with E-state index in [0.29, 0.717) is 23.4 Å². The van der Waals surface area contributed by atoms with Crippen LogP contribution in [-0.4, -0.2) is 68.1 Å². The van der Waals surface area contributed by atoms with Gasteiger partial charge >= 0.3 is 0 Å². The predicted octanol–water partition coefficient (Wildman–Crippen LogP) is -0.246. The third-order valence-electron chi connectivity index (χ3n) is 7.48. The van der Waals surface area contributed by atoms with Crippen LogP contribution in [0.2, 0.25) is 0 Å². The van der Waals surface area contributed by atoms with Crippen molar-refractivity contribution in [3.05, 3.63) is 88.3 Å². The summed E-state index contributed by atoms with van der Waals surface area (Å²) in [5.41, 5.74) is 15.1. The van der Waals surface area contributed by atoms with E-state index >= 15 is 0 Å². The molecule has 1 fully saturated rings. The number of aliphatic carboxylic acids is 1. The van der Waals surface area contributed by atoms with Crippen LogP contribution in [0, 0.1) is 5.41 Å². The summed E-state index contributed by atoms with van der Waals surface area (Å²) in [4.78, 5) is 48.7. The van der Waals surface area contributed by atoms with Crippen molar-refractivity contribution in [3.8, 4) is 0 Å². The maximum absolute atomic E-state index is 13.3. The van der Waals surface area contributed by atoms with E-state index in [1.807, 2.05) is 59.4 Å². The minimum Gasteiger partial charge on any atom is -0.543 e. The third kappa shape index (κ3) is 5.60. The molecule has 0 aliphatic carbocycles.